The van der Waals surface area contributed by atoms with Crippen LogP contribution in [0, 0.1) is 17.0 Å². The highest BCUT2D eigenvalue weighted by Gasteiger charge is 2.09. The lowest BCUT2D eigenvalue weighted by Gasteiger charge is -2.10. The first kappa shape index (κ1) is 18.1. The van der Waals surface area contributed by atoms with E-state index in [-0.39, 0.29) is 11.6 Å². The first-order valence-electron chi connectivity index (χ1n) is 7.85. The van der Waals surface area contributed by atoms with E-state index < -0.39 is 4.92 Å². The molecular weight excluding hydrogens is 324 g/mol. The molecule has 0 spiro atoms. The number of hydrogen-bond acceptors (Lipinski definition) is 7. The van der Waals surface area contributed by atoms with Crippen molar-refractivity contribution in [3.05, 3.63) is 51.7 Å². The molecule has 25 heavy (non-hydrogen) atoms. The molecule has 132 valence electrons. The SMILES string of the molecule is CCNc1nc(C)cc(NCCNC(=O)c2ccc([N+](=O)[O-])cc2)n1. The molecule has 1 aromatic carbocycles. The van der Waals surface area contributed by atoms with Crippen LogP contribution in [0.15, 0.2) is 30.3 Å². The van der Waals surface area contributed by atoms with Gasteiger partial charge >= 0.3 is 0 Å². The molecule has 0 atom stereocenters. The van der Waals surface area contributed by atoms with Crippen LogP contribution in [0.25, 0.3) is 0 Å². The van der Waals surface area contributed by atoms with Crippen molar-refractivity contribution in [1.29, 1.82) is 0 Å². The summed E-state index contributed by atoms with van der Waals surface area (Å²) in [5.74, 6) is 0.942. The molecule has 2 rings (SSSR count). The molecule has 1 amide bonds. The number of carbonyl (C=O) groups is 1. The summed E-state index contributed by atoms with van der Waals surface area (Å²) in [6, 6.07) is 7.28. The van der Waals surface area contributed by atoms with E-state index in [1.807, 2.05) is 19.9 Å². The number of aryl methyl sites for hydroxylation is 1. The molecule has 0 saturated carbocycles. The fraction of sp³-hybridized carbons (Fsp3) is 0.312. The number of non-ortho nitro benzene ring substituents is 1. The van der Waals surface area contributed by atoms with Crippen molar-refractivity contribution < 1.29 is 9.72 Å². The number of nitro groups is 1. The third kappa shape index (κ3) is 5.41. The summed E-state index contributed by atoms with van der Waals surface area (Å²) in [5.41, 5.74) is 1.16. The van der Waals surface area contributed by atoms with Gasteiger partial charge in [-0.3, -0.25) is 14.9 Å². The molecule has 3 N–H and O–H groups in total. The zero-order chi connectivity index (χ0) is 18.2. The molecule has 2 aromatic rings. The van der Waals surface area contributed by atoms with E-state index in [1.165, 1.54) is 24.3 Å². The molecule has 0 saturated heterocycles. The quantitative estimate of drug-likeness (QED) is 0.380. The predicted octanol–water partition coefficient (Wildman–Crippen LogP) is 1.97. The zero-order valence-electron chi connectivity index (χ0n) is 14.1. The third-order valence-electron chi connectivity index (χ3n) is 3.25. The Morgan fingerprint density at radius 3 is 2.52 bits per heavy atom. The lowest BCUT2D eigenvalue weighted by molar-refractivity contribution is -0.384. The largest absolute Gasteiger partial charge is 0.368 e. The number of anilines is 2. The van der Waals surface area contributed by atoms with Crippen molar-refractivity contribution in [2.45, 2.75) is 13.8 Å². The van der Waals surface area contributed by atoms with Gasteiger partial charge in [-0.2, -0.15) is 4.98 Å². The first-order valence-corrected chi connectivity index (χ1v) is 7.85. The Kier molecular flexibility index (Phi) is 6.21. The number of benzene rings is 1. The van der Waals surface area contributed by atoms with Crippen molar-refractivity contribution in [3.8, 4) is 0 Å². The highest BCUT2D eigenvalue weighted by molar-refractivity contribution is 5.94. The Morgan fingerprint density at radius 1 is 1.16 bits per heavy atom. The first-order chi connectivity index (χ1) is 12.0. The summed E-state index contributed by atoms with van der Waals surface area (Å²) >= 11 is 0. The number of nitro benzene ring substituents is 1. The number of nitrogens with one attached hydrogen (secondary N) is 3. The Balaban J connectivity index is 1.82. The van der Waals surface area contributed by atoms with Gasteiger partial charge in [0.15, 0.2) is 0 Å². The van der Waals surface area contributed by atoms with Gasteiger partial charge in [0.1, 0.15) is 5.82 Å². The Morgan fingerprint density at radius 2 is 1.88 bits per heavy atom. The summed E-state index contributed by atoms with van der Waals surface area (Å²) in [6.45, 7) is 5.45. The highest BCUT2D eigenvalue weighted by Crippen LogP contribution is 2.12. The molecule has 9 heteroatoms. The van der Waals surface area contributed by atoms with Crippen LogP contribution in [0.3, 0.4) is 0 Å². The molecule has 0 fully saturated rings. The van der Waals surface area contributed by atoms with Crippen molar-refractivity contribution in [1.82, 2.24) is 15.3 Å². The lowest BCUT2D eigenvalue weighted by Crippen LogP contribution is -2.28. The molecule has 0 radical (unpaired) electrons. The summed E-state index contributed by atoms with van der Waals surface area (Å²) in [4.78, 5) is 30.7. The smallest absolute Gasteiger partial charge is 0.269 e. The van der Waals surface area contributed by atoms with E-state index in [0.29, 0.717) is 30.4 Å². The summed E-state index contributed by atoms with van der Waals surface area (Å²) in [7, 11) is 0. The van der Waals surface area contributed by atoms with E-state index in [1.54, 1.807) is 0 Å². The summed E-state index contributed by atoms with van der Waals surface area (Å²) in [6.07, 6.45) is 0. The molecule has 0 bridgehead atoms. The van der Waals surface area contributed by atoms with Gasteiger partial charge in [0, 0.05) is 49.1 Å². The molecule has 1 aromatic heterocycles. The zero-order valence-corrected chi connectivity index (χ0v) is 14.1. The second kappa shape index (κ2) is 8.57. The van der Waals surface area contributed by atoms with Crippen molar-refractivity contribution >= 4 is 23.4 Å². The van der Waals surface area contributed by atoms with Crippen molar-refractivity contribution in [3.63, 3.8) is 0 Å². The maximum atomic E-state index is 12.0. The second-order valence-electron chi connectivity index (χ2n) is 5.24. The number of nitrogens with zero attached hydrogens (tertiary/aromatic N) is 3. The minimum absolute atomic E-state index is 0.0474. The molecule has 9 nitrogen and oxygen atoms in total. The molecule has 0 unspecified atom stereocenters. The van der Waals surface area contributed by atoms with E-state index in [9.17, 15) is 14.9 Å². The third-order valence-corrected chi connectivity index (χ3v) is 3.25. The van der Waals surface area contributed by atoms with Gasteiger partial charge in [0.05, 0.1) is 4.92 Å². The van der Waals surface area contributed by atoms with Crippen LogP contribution in [0.5, 0.6) is 0 Å². The number of rotatable bonds is 8. The Hall–Kier alpha value is -3.23. The average molecular weight is 344 g/mol. The fourth-order valence-electron chi connectivity index (χ4n) is 2.10. The van der Waals surface area contributed by atoms with Crippen LogP contribution in [-0.4, -0.2) is 40.4 Å². The number of aromatic nitrogens is 2. The normalized spacial score (nSPS) is 10.2. The summed E-state index contributed by atoms with van der Waals surface area (Å²) < 4.78 is 0. The molecule has 1 heterocycles. The molecule has 0 aliphatic heterocycles. The van der Waals surface area contributed by atoms with Gasteiger partial charge in [-0.05, 0) is 26.0 Å². The maximum Gasteiger partial charge on any atom is 0.269 e. The van der Waals surface area contributed by atoms with E-state index in [0.717, 1.165) is 12.2 Å². The minimum Gasteiger partial charge on any atom is -0.368 e. The standard InChI is InChI=1S/C16H20N6O3/c1-3-17-16-20-11(2)10-14(21-16)18-8-9-19-15(23)12-4-6-13(7-5-12)22(24)25/h4-7,10H,3,8-9H2,1-2H3,(H,19,23)(H2,17,18,20,21). The lowest BCUT2D eigenvalue weighted by atomic mass is 10.2. The van der Waals surface area contributed by atoms with Crippen LogP contribution in [-0.2, 0) is 0 Å². The van der Waals surface area contributed by atoms with Gasteiger partial charge in [-0.1, -0.05) is 0 Å². The molecule has 0 aliphatic carbocycles. The van der Waals surface area contributed by atoms with Crippen LogP contribution in [0.2, 0.25) is 0 Å². The predicted molar refractivity (Wildman–Crippen MR) is 94.9 cm³/mol. The highest BCUT2D eigenvalue weighted by atomic mass is 16.6. The number of carbonyl (C=O) groups excluding carboxylic acids is 1. The van der Waals surface area contributed by atoms with Crippen LogP contribution in [0.4, 0.5) is 17.5 Å². The van der Waals surface area contributed by atoms with Crippen molar-refractivity contribution in [2.75, 3.05) is 30.3 Å². The topological polar surface area (TPSA) is 122 Å². The van der Waals surface area contributed by atoms with E-state index >= 15 is 0 Å². The van der Waals surface area contributed by atoms with Gasteiger partial charge in [0.2, 0.25) is 5.95 Å². The van der Waals surface area contributed by atoms with E-state index in [2.05, 4.69) is 25.9 Å². The fourth-order valence-corrected chi connectivity index (χ4v) is 2.10. The second-order valence-corrected chi connectivity index (χ2v) is 5.24. The van der Waals surface area contributed by atoms with Crippen LogP contribution in [0.1, 0.15) is 23.0 Å². The van der Waals surface area contributed by atoms with Crippen molar-refractivity contribution in [2.24, 2.45) is 0 Å². The minimum atomic E-state index is -0.503. The summed E-state index contributed by atoms with van der Waals surface area (Å²) in [5, 5.41) is 19.5. The van der Waals surface area contributed by atoms with Gasteiger partial charge in [-0.15, -0.1) is 0 Å². The van der Waals surface area contributed by atoms with Crippen LogP contribution < -0.4 is 16.0 Å². The van der Waals surface area contributed by atoms with E-state index in [4.69, 9.17) is 0 Å². The van der Waals surface area contributed by atoms with Gasteiger partial charge in [0.25, 0.3) is 11.6 Å². The average Bonchev–Trinajstić information content (AvgIpc) is 2.58. The Labute approximate surface area is 145 Å². The number of hydrogen-bond donors (Lipinski definition) is 3. The molecular formula is C16H20N6O3. The Bertz CT molecular complexity index is 748. The van der Waals surface area contributed by atoms with Gasteiger partial charge in [-0.25, -0.2) is 4.98 Å². The molecule has 0 aliphatic rings. The number of amides is 1. The maximum absolute atomic E-state index is 12.0. The van der Waals surface area contributed by atoms with Gasteiger partial charge < -0.3 is 16.0 Å². The van der Waals surface area contributed by atoms with Crippen LogP contribution >= 0.6 is 0 Å². The monoisotopic (exact) mass is 344 g/mol.